The molecule has 0 aromatic carbocycles. The molecule has 0 spiro atoms. The number of carbonyl (C=O) groups is 1. The van der Waals surface area contributed by atoms with Gasteiger partial charge >= 0.3 is 6.18 Å². The van der Waals surface area contributed by atoms with Gasteiger partial charge in [0, 0.05) is 29.9 Å². The molecule has 23 heavy (non-hydrogen) atoms. The van der Waals surface area contributed by atoms with E-state index in [1.165, 1.54) is 11.3 Å². The number of thiazole rings is 1. The molecular formula is C14H12F3N3O2S. The van der Waals surface area contributed by atoms with Crippen LogP contribution in [0.4, 0.5) is 13.2 Å². The van der Waals surface area contributed by atoms with Gasteiger partial charge in [-0.2, -0.15) is 13.2 Å². The first-order valence-electron chi connectivity index (χ1n) is 6.78. The number of halogens is 3. The molecule has 0 N–H and O–H groups in total. The Balaban J connectivity index is 1.75. The Morgan fingerprint density at radius 1 is 1.43 bits per heavy atom. The summed E-state index contributed by atoms with van der Waals surface area (Å²) in [5.74, 6) is -0.519. The maximum atomic E-state index is 12.7. The summed E-state index contributed by atoms with van der Waals surface area (Å²) in [7, 11) is 0. The van der Waals surface area contributed by atoms with Crippen LogP contribution in [-0.2, 0) is 4.74 Å². The van der Waals surface area contributed by atoms with Crippen molar-refractivity contribution in [2.24, 2.45) is 0 Å². The SMILES string of the molecule is O=C(c1csc(-c2cccnc2)n1)N1CCOC(C(F)(F)F)C1. The maximum absolute atomic E-state index is 12.7. The summed E-state index contributed by atoms with van der Waals surface area (Å²) >= 11 is 1.25. The highest BCUT2D eigenvalue weighted by Crippen LogP contribution is 2.27. The lowest BCUT2D eigenvalue weighted by atomic mass is 10.2. The van der Waals surface area contributed by atoms with Gasteiger partial charge < -0.3 is 9.64 Å². The molecule has 2 aromatic rings. The molecule has 122 valence electrons. The van der Waals surface area contributed by atoms with E-state index in [2.05, 4.69) is 14.7 Å². The van der Waals surface area contributed by atoms with Gasteiger partial charge in [-0.25, -0.2) is 4.98 Å². The number of morpholine rings is 1. The van der Waals surface area contributed by atoms with Crippen LogP contribution in [0.15, 0.2) is 29.9 Å². The Morgan fingerprint density at radius 3 is 2.96 bits per heavy atom. The highest BCUT2D eigenvalue weighted by Gasteiger charge is 2.44. The molecule has 0 saturated carbocycles. The van der Waals surface area contributed by atoms with E-state index in [1.54, 1.807) is 29.9 Å². The molecule has 0 radical (unpaired) electrons. The fourth-order valence-electron chi connectivity index (χ4n) is 2.19. The molecule has 1 unspecified atom stereocenters. The van der Waals surface area contributed by atoms with Crippen LogP contribution in [0.3, 0.4) is 0 Å². The van der Waals surface area contributed by atoms with Gasteiger partial charge in [-0.1, -0.05) is 0 Å². The Morgan fingerprint density at radius 2 is 2.26 bits per heavy atom. The molecule has 3 rings (SSSR count). The third-order valence-electron chi connectivity index (χ3n) is 3.35. The van der Waals surface area contributed by atoms with Crippen molar-refractivity contribution in [2.45, 2.75) is 12.3 Å². The van der Waals surface area contributed by atoms with E-state index in [0.717, 1.165) is 10.5 Å². The highest BCUT2D eigenvalue weighted by atomic mass is 32.1. The first-order chi connectivity index (χ1) is 10.9. The molecule has 1 fully saturated rings. The number of alkyl halides is 3. The summed E-state index contributed by atoms with van der Waals surface area (Å²) in [5.41, 5.74) is 0.892. The largest absolute Gasteiger partial charge is 0.416 e. The zero-order valence-electron chi connectivity index (χ0n) is 11.8. The second-order valence-electron chi connectivity index (χ2n) is 4.93. The molecule has 3 heterocycles. The third-order valence-corrected chi connectivity index (χ3v) is 4.24. The topological polar surface area (TPSA) is 55.3 Å². The van der Waals surface area contributed by atoms with Crippen molar-refractivity contribution >= 4 is 17.2 Å². The van der Waals surface area contributed by atoms with Crippen LogP contribution >= 0.6 is 11.3 Å². The summed E-state index contributed by atoms with van der Waals surface area (Å²) in [6.07, 6.45) is -3.20. The summed E-state index contributed by atoms with van der Waals surface area (Å²) in [6.45, 7) is -0.539. The Hall–Kier alpha value is -2.00. The average Bonchev–Trinajstić information content (AvgIpc) is 3.04. The van der Waals surface area contributed by atoms with Crippen LogP contribution in [0.25, 0.3) is 10.6 Å². The Labute approximate surface area is 133 Å². The third kappa shape index (κ3) is 3.50. The molecule has 1 aliphatic rings. The van der Waals surface area contributed by atoms with Gasteiger partial charge in [-0.3, -0.25) is 9.78 Å². The van der Waals surface area contributed by atoms with Crippen molar-refractivity contribution in [3.05, 3.63) is 35.6 Å². The molecule has 9 heteroatoms. The second-order valence-corrected chi connectivity index (χ2v) is 5.79. The molecule has 0 aliphatic carbocycles. The van der Waals surface area contributed by atoms with Crippen LogP contribution in [0.5, 0.6) is 0 Å². The van der Waals surface area contributed by atoms with Crippen molar-refractivity contribution in [3.8, 4) is 10.6 Å². The molecule has 1 atom stereocenters. The molecule has 2 aromatic heterocycles. The number of pyridine rings is 1. The number of aromatic nitrogens is 2. The van der Waals surface area contributed by atoms with Crippen molar-refractivity contribution in [2.75, 3.05) is 19.7 Å². The lowest BCUT2D eigenvalue weighted by Gasteiger charge is -2.33. The quantitative estimate of drug-likeness (QED) is 0.841. The maximum Gasteiger partial charge on any atom is 0.416 e. The molecule has 1 saturated heterocycles. The summed E-state index contributed by atoms with van der Waals surface area (Å²) in [4.78, 5) is 21.7. The van der Waals surface area contributed by atoms with E-state index in [4.69, 9.17) is 0 Å². The molecule has 0 bridgehead atoms. The lowest BCUT2D eigenvalue weighted by molar-refractivity contribution is -0.233. The number of hydrogen-bond donors (Lipinski definition) is 0. The zero-order chi connectivity index (χ0) is 16.4. The van der Waals surface area contributed by atoms with E-state index in [1.807, 2.05) is 0 Å². The van der Waals surface area contributed by atoms with Crippen LogP contribution in [0.1, 0.15) is 10.5 Å². The minimum absolute atomic E-state index is 0.116. The number of ether oxygens (including phenoxy) is 1. The molecular weight excluding hydrogens is 331 g/mol. The fraction of sp³-hybridized carbons (Fsp3) is 0.357. The predicted molar refractivity (Wildman–Crippen MR) is 77.0 cm³/mol. The first-order valence-corrected chi connectivity index (χ1v) is 7.66. The van der Waals surface area contributed by atoms with E-state index >= 15 is 0 Å². The van der Waals surface area contributed by atoms with E-state index in [0.29, 0.717) is 5.01 Å². The summed E-state index contributed by atoms with van der Waals surface area (Å²) in [6, 6.07) is 3.54. The number of nitrogens with zero attached hydrogens (tertiary/aromatic N) is 3. The normalized spacial score (nSPS) is 18.9. The van der Waals surface area contributed by atoms with Gasteiger partial charge in [0.1, 0.15) is 10.7 Å². The van der Waals surface area contributed by atoms with Crippen molar-refractivity contribution in [1.82, 2.24) is 14.9 Å². The van der Waals surface area contributed by atoms with Crippen LogP contribution in [0, 0.1) is 0 Å². The van der Waals surface area contributed by atoms with Crippen LogP contribution < -0.4 is 0 Å². The molecule has 5 nitrogen and oxygen atoms in total. The monoisotopic (exact) mass is 343 g/mol. The fourth-order valence-corrected chi connectivity index (χ4v) is 2.97. The highest BCUT2D eigenvalue weighted by molar-refractivity contribution is 7.13. The lowest BCUT2D eigenvalue weighted by Crippen LogP contribution is -2.51. The number of carbonyl (C=O) groups excluding carboxylic acids is 1. The van der Waals surface area contributed by atoms with Crippen LogP contribution in [-0.4, -0.2) is 52.8 Å². The van der Waals surface area contributed by atoms with Crippen molar-refractivity contribution in [1.29, 1.82) is 0 Å². The second kappa shape index (κ2) is 6.25. The van der Waals surface area contributed by atoms with Crippen molar-refractivity contribution < 1.29 is 22.7 Å². The smallest absolute Gasteiger partial charge is 0.365 e. The first kappa shape index (κ1) is 15.9. The van der Waals surface area contributed by atoms with Gasteiger partial charge in [0.05, 0.1) is 13.2 Å². The zero-order valence-corrected chi connectivity index (χ0v) is 12.6. The molecule has 1 aliphatic heterocycles. The molecule has 1 amide bonds. The predicted octanol–water partition coefficient (Wildman–Crippen LogP) is 2.61. The van der Waals surface area contributed by atoms with Gasteiger partial charge in [0.15, 0.2) is 6.10 Å². The van der Waals surface area contributed by atoms with E-state index in [-0.39, 0.29) is 18.8 Å². The van der Waals surface area contributed by atoms with Crippen molar-refractivity contribution in [3.63, 3.8) is 0 Å². The minimum atomic E-state index is -4.48. The Kier molecular flexibility index (Phi) is 4.31. The standard InChI is InChI=1S/C14H12F3N3O2S/c15-14(16,17)11-7-20(4-5-22-11)13(21)10-8-23-12(19-10)9-2-1-3-18-6-9/h1-3,6,8,11H,4-5,7H2. The van der Waals surface area contributed by atoms with Gasteiger partial charge in [-0.15, -0.1) is 11.3 Å². The Bertz CT molecular complexity index is 690. The minimum Gasteiger partial charge on any atom is -0.365 e. The van der Waals surface area contributed by atoms with E-state index < -0.39 is 24.7 Å². The van der Waals surface area contributed by atoms with E-state index in [9.17, 15) is 18.0 Å². The van der Waals surface area contributed by atoms with Crippen LogP contribution in [0.2, 0.25) is 0 Å². The average molecular weight is 343 g/mol. The number of rotatable bonds is 2. The number of amides is 1. The summed E-state index contributed by atoms with van der Waals surface area (Å²) < 4.78 is 42.9. The number of hydrogen-bond acceptors (Lipinski definition) is 5. The van der Waals surface area contributed by atoms with Gasteiger partial charge in [-0.05, 0) is 12.1 Å². The summed E-state index contributed by atoms with van der Waals surface area (Å²) in [5, 5.41) is 2.14. The van der Waals surface area contributed by atoms with Gasteiger partial charge in [0.2, 0.25) is 0 Å². The van der Waals surface area contributed by atoms with Gasteiger partial charge in [0.25, 0.3) is 5.91 Å².